The van der Waals surface area contributed by atoms with Crippen LogP contribution in [0.15, 0.2) is 48.5 Å². The Labute approximate surface area is 186 Å². The van der Waals surface area contributed by atoms with Crippen LogP contribution in [0.5, 0.6) is 5.75 Å². The topological polar surface area (TPSA) is 62.3 Å². The third-order valence-electron chi connectivity index (χ3n) is 5.80. The zero-order valence-electron chi connectivity index (χ0n) is 18.1. The average Bonchev–Trinajstić information content (AvgIpc) is 2.78. The number of aromatic nitrogens is 2. The van der Waals surface area contributed by atoms with Gasteiger partial charge in [-0.3, -0.25) is 0 Å². The fraction of sp³-hybridized carbons (Fsp3) is 0.440. The Morgan fingerprint density at radius 3 is 2.45 bits per heavy atom. The van der Waals surface area contributed by atoms with E-state index in [9.17, 15) is 0 Å². The molecule has 0 aliphatic heterocycles. The number of benzene rings is 2. The molecule has 0 spiro atoms. The molecule has 0 radical (unpaired) electrons. The Balaban J connectivity index is 0.00000272. The molecule has 0 atom stereocenters. The summed E-state index contributed by atoms with van der Waals surface area (Å²) >= 11 is 0. The molecule has 1 fully saturated rings. The van der Waals surface area contributed by atoms with Gasteiger partial charge in [0.25, 0.3) is 0 Å². The summed E-state index contributed by atoms with van der Waals surface area (Å²) in [6.07, 6.45) is 4.53. The van der Waals surface area contributed by atoms with Crippen molar-refractivity contribution in [2.45, 2.75) is 51.7 Å². The fourth-order valence-electron chi connectivity index (χ4n) is 4.13. The van der Waals surface area contributed by atoms with Crippen LogP contribution in [0.3, 0.4) is 0 Å². The molecule has 0 unspecified atom stereocenters. The molecule has 1 aliphatic rings. The highest BCUT2D eigenvalue weighted by Gasteiger charge is 2.22. The fourth-order valence-corrected chi connectivity index (χ4v) is 4.13. The second-order valence-electron chi connectivity index (χ2n) is 8.21. The first-order valence-corrected chi connectivity index (χ1v) is 10.7. The van der Waals surface area contributed by atoms with Gasteiger partial charge in [0.15, 0.2) is 0 Å². The summed E-state index contributed by atoms with van der Waals surface area (Å²) in [5.74, 6) is 2.59. The number of anilines is 2. The number of ether oxygens (including phenoxy) is 1. The minimum absolute atomic E-state index is 0. The molecule has 6 heteroatoms. The zero-order chi connectivity index (χ0) is 20.9. The molecule has 1 aliphatic carbocycles. The monoisotopic (exact) mass is 421 g/mol. The lowest BCUT2D eigenvalue weighted by molar-refractivity contribution is 0.352. The third kappa shape index (κ3) is 5.64. The van der Waals surface area contributed by atoms with E-state index in [2.05, 4.69) is 39.8 Å². The number of hydrogen-bond acceptors (Lipinski definition) is 6. The zero-order valence-corrected chi connectivity index (χ0v) is 18.1. The Morgan fingerprint density at radius 1 is 0.968 bits per heavy atom. The lowest BCUT2D eigenvalue weighted by Crippen LogP contribution is -2.37. The highest BCUT2D eigenvalue weighted by atomic mass is 16.5. The van der Waals surface area contributed by atoms with Crippen molar-refractivity contribution in [3.63, 3.8) is 0 Å². The first-order chi connectivity index (χ1) is 14.6. The second kappa shape index (κ2) is 10.4. The number of para-hydroxylation sites is 1. The van der Waals surface area contributed by atoms with Crippen LogP contribution in [0.1, 0.15) is 38.7 Å². The Hall–Kier alpha value is -2.86. The molecule has 0 bridgehead atoms. The first kappa shape index (κ1) is 22.8. The molecule has 166 valence electrons. The second-order valence-corrected chi connectivity index (χ2v) is 8.21. The summed E-state index contributed by atoms with van der Waals surface area (Å²) in [6, 6.07) is 17.4. The van der Waals surface area contributed by atoms with Crippen LogP contribution in [-0.2, 0) is 6.54 Å². The van der Waals surface area contributed by atoms with E-state index in [0.29, 0.717) is 12.1 Å². The van der Waals surface area contributed by atoms with Gasteiger partial charge in [0.05, 0.1) is 12.6 Å². The van der Waals surface area contributed by atoms with Gasteiger partial charge in [-0.05, 0) is 55.5 Å². The van der Waals surface area contributed by atoms with E-state index < -0.39 is 0 Å². The van der Waals surface area contributed by atoms with Crippen LogP contribution < -0.4 is 20.3 Å². The molecule has 4 rings (SSSR count). The van der Waals surface area contributed by atoms with Crippen molar-refractivity contribution in [2.75, 3.05) is 31.4 Å². The molecule has 31 heavy (non-hydrogen) atoms. The van der Waals surface area contributed by atoms with Crippen molar-refractivity contribution in [1.82, 2.24) is 15.3 Å². The Morgan fingerprint density at radius 2 is 1.71 bits per heavy atom. The highest BCUT2D eigenvalue weighted by Crippen LogP contribution is 2.26. The van der Waals surface area contributed by atoms with Crippen LogP contribution in [0.4, 0.5) is 11.8 Å². The molecule has 1 heterocycles. The number of rotatable bonds is 7. The third-order valence-corrected chi connectivity index (χ3v) is 5.80. The summed E-state index contributed by atoms with van der Waals surface area (Å²) < 4.78 is 5.32. The van der Waals surface area contributed by atoms with Gasteiger partial charge < -0.3 is 20.3 Å². The van der Waals surface area contributed by atoms with Crippen LogP contribution in [0.25, 0.3) is 10.9 Å². The molecule has 3 aromatic rings. The quantitative estimate of drug-likeness (QED) is 0.568. The summed E-state index contributed by atoms with van der Waals surface area (Å²) in [6.45, 7) is 0.875. The van der Waals surface area contributed by atoms with Gasteiger partial charge in [-0.15, -0.1) is 0 Å². The maximum atomic E-state index is 5.32. The normalized spacial score (nSPS) is 18.3. The van der Waals surface area contributed by atoms with Gasteiger partial charge >= 0.3 is 0 Å². The van der Waals surface area contributed by atoms with E-state index in [0.717, 1.165) is 60.6 Å². The van der Waals surface area contributed by atoms with Crippen molar-refractivity contribution in [1.29, 1.82) is 0 Å². The molecule has 0 saturated heterocycles. The number of hydrogen-bond donors (Lipinski definition) is 2. The van der Waals surface area contributed by atoms with E-state index in [1.165, 1.54) is 5.56 Å². The number of nitrogens with zero attached hydrogens (tertiary/aromatic N) is 3. The minimum atomic E-state index is 0. The number of methoxy groups -OCH3 is 1. The van der Waals surface area contributed by atoms with Crippen molar-refractivity contribution >= 4 is 22.7 Å². The highest BCUT2D eigenvalue weighted by molar-refractivity contribution is 5.90. The number of fused-ring (bicyclic) bond motifs is 1. The van der Waals surface area contributed by atoms with Crippen LogP contribution in [0.2, 0.25) is 0 Å². The van der Waals surface area contributed by atoms with Gasteiger partial charge in [-0.25, -0.2) is 4.98 Å². The van der Waals surface area contributed by atoms with E-state index in [-0.39, 0.29) is 7.43 Å². The van der Waals surface area contributed by atoms with E-state index in [4.69, 9.17) is 14.7 Å². The van der Waals surface area contributed by atoms with Crippen molar-refractivity contribution in [3.05, 3.63) is 54.1 Å². The molecular formula is C25H35N5O. The van der Waals surface area contributed by atoms with E-state index in [1.807, 2.05) is 38.4 Å². The lowest BCUT2D eigenvalue weighted by Gasteiger charge is -2.30. The standard InChI is InChI=1S/C24H31N5O.CH4/c1-29(2)23-21-9-4-5-10-22(21)27-24(28-23)26-19-13-11-18(12-14-19)25-16-17-7-6-8-20(15-17)30-3;/h4-10,15,18-19,25H,11-14,16H2,1-3H3,(H,26,27,28);1H4. The predicted octanol–water partition coefficient (Wildman–Crippen LogP) is 4.85. The van der Waals surface area contributed by atoms with Gasteiger partial charge in [0.1, 0.15) is 11.6 Å². The minimum Gasteiger partial charge on any atom is -0.497 e. The van der Waals surface area contributed by atoms with Gasteiger partial charge in [-0.1, -0.05) is 31.7 Å². The van der Waals surface area contributed by atoms with Crippen LogP contribution >= 0.6 is 0 Å². The summed E-state index contributed by atoms with van der Waals surface area (Å²) in [7, 11) is 5.76. The van der Waals surface area contributed by atoms with Crippen molar-refractivity contribution < 1.29 is 4.74 Å². The van der Waals surface area contributed by atoms with Crippen LogP contribution in [-0.4, -0.2) is 43.3 Å². The predicted molar refractivity (Wildman–Crippen MR) is 130 cm³/mol. The number of nitrogens with one attached hydrogen (secondary N) is 2. The molecule has 1 saturated carbocycles. The molecule has 0 amide bonds. The maximum Gasteiger partial charge on any atom is 0.225 e. The Bertz CT molecular complexity index is 983. The summed E-state index contributed by atoms with van der Waals surface area (Å²) in [5.41, 5.74) is 2.24. The first-order valence-electron chi connectivity index (χ1n) is 10.7. The van der Waals surface area contributed by atoms with E-state index >= 15 is 0 Å². The van der Waals surface area contributed by atoms with Crippen molar-refractivity contribution in [2.24, 2.45) is 0 Å². The maximum absolute atomic E-state index is 5.32. The molecular weight excluding hydrogens is 386 g/mol. The SMILES string of the molecule is C.COc1cccc(CNC2CCC(Nc3nc(N(C)C)c4ccccc4n3)CC2)c1. The average molecular weight is 422 g/mol. The smallest absolute Gasteiger partial charge is 0.225 e. The molecule has 6 nitrogen and oxygen atoms in total. The van der Waals surface area contributed by atoms with Crippen LogP contribution in [0, 0.1) is 0 Å². The lowest BCUT2D eigenvalue weighted by atomic mass is 9.91. The summed E-state index contributed by atoms with van der Waals surface area (Å²) in [5, 5.41) is 8.37. The van der Waals surface area contributed by atoms with Crippen molar-refractivity contribution in [3.8, 4) is 5.75 Å². The Kier molecular flexibility index (Phi) is 7.69. The van der Waals surface area contributed by atoms with E-state index in [1.54, 1.807) is 7.11 Å². The molecule has 2 aromatic carbocycles. The molecule has 1 aromatic heterocycles. The molecule has 2 N–H and O–H groups in total. The van der Waals surface area contributed by atoms with Gasteiger partial charge in [0, 0.05) is 38.1 Å². The summed E-state index contributed by atoms with van der Waals surface area (Å²) in [4.78, 5) is 11.6. The van der Waals surface area contributed by atoms with Gasteiger partial charge in [0.2, 0.25) is 5.95 Å². The largest absolute Gasteiger partial charge is 0.497 e. The van der Waals surface area contributed by atoms with Gasteiger partial charge in [-0.2, -0.15) is 4.98 Å².